The molecular weight excluding hydrogens is 266 g/mol. The lowest BCUT2D eigenvalue weighted by molar-refractivity contribution is -0.138. The number of hydrogen-bond acceptors (Lipinski definition) is 3. The summed E-state index contributed by atoms with van der Waals surface area (Å²) in [6.45, 7) is 1.76. The molecule has 0 bridgehead atoms. The number of carbonyl (C=O) groups is 1. The van der Waals surface area contributed by atoms with Gasteiger partial charge < -0.3 is 15.8 Å². The predicted octanol–water partition coefficient (Wildman–Crippen LogP) is 2.33. The summed E-state index contributed by atoms with van der Waals surface area (Å²) in [6.07, 6.45) is 9.53. The summed E-state index contributed by atoms with van der Waals surface area (Å²) >= 11 is 0. The van der Waals surface area contributed by atoms with Gasteiger partial charge in [0, 0.05) is 13.1 Å². The Morgan fingerprint density at radius 2 is 1.62 bits per heavy atom. The highest BCUT2D eigenvalue weighted by molar-refractivity contribution is 6.06. The number of nitrogens with zero attached hydrogens (tertiary/aromatic N) is 2. The molecule has 2 unspecified atom stereocenters. The van der Waals surface area contributed by atoms with Crippen molar-refractivity contribution < 1.29 is 10.0 Å². The lowest BCUT2D eigenvalue weighted by Gasteiger charge is -2.34. The van der Waals surface area contributed by atoms with Gasteiger partial charge in [0.25, 0.3) is 0 Å². The zero-order valence-corrected chi connectivity index (χ0v) is 12.8. The van der Waals surface area contributed by atoms with Gasteiger partial charge >= 0.3 is 0 Å². The minimum absolute atomic E-state index is 0.120. The summed E-state index contributed by atoms with van der Waals surface area (Å²) in [7, 11) is 0. The van der Waals surface area contributed by atoms with Crippen LogP contribution in [0.15, 0.2) is 5.16 Å². The number of amidine groups is 1. The van der Waals surface area contributed by atoms with E-state index in [0.717, 1.165) is 51.6 Å². The van der Waals surface area contributed by atoms with E-state index >= 15 is 0 Å². The van der Waals surface area contributed by atoms with Crippen molar-refractivity contribution in [3.8, 4) is 0 Å². The maximum atomic E-state index is 13.2. The van der Waals surface area contributed by atoms with Crippen LogP contribution in [0.3, 0.4) is 0 Å². The third-order valence-electron chi connectivity index (χ3n) is 5.98. The average molecular weight is 293 g/mol. The van der Waals surface area contributed by atoms with Crippen molar-refractivity contribution in [2.75, 3.05) is 13.1 Å². The van der Waals surface area contributed by atoms with E-state index in [-0.39, 0.29) is 11.7 Å². The van der Waals surface area contributed by atoms with Gasteiger partial charge in [-0.2, -0.15) is 0 Å². The summed E-state index contributed by atoms with van der Waals surface area (Å²) < 4.78 is 0. The van der Waals surface area contributed by atoms with Crippen molar-refractivity contribution in [2.45, 2.75) is 57.8 Å². The second kappa shape index (κ2) is 5.85. The zero-order valence-electron chi connectivity index (χ0n) is 12.8. The van der Waals surface area contributed by atoms with Crippen molar-refractivity contribution in [1.82, 2.24) is 4.90 Å². The topological polar surface area (TPSA) is 78.9 Å². The Balaban J connectivity index is 1.81. The van der Waals surface area contributed by atoms with Crippen LogP contribution in [0.2, 0.25) is 0 Å². The van der Waals surface area contributed by atoms with Gasteiger partial charge in [0.1, 0.15) is 5.41 Å². The Morgan fingerprint density at radius 3 is 2.14 bits per heavy atom. The molecule has 21 heavy (non-hydrogen) atoms. The van der Waals surface area contributed by atoms with Gasteiger partial charge in [-0.25, -0.2) is 0 Å². The third-order valence-corrected chi connectivity index (χ3v) is 5.98. The van der Waals surface area contributed by atoms with Crippen molar-refractivity contribution in [3.05, 3.63) is 0 Å². The van der Waals surface area contributed by atoms with Crippen LogP contribution in [-0.2, 0) is 4.79 Å². The van der Waals surface area contributed by atoms with Crippen LogP contribution in [0.4, 0.5) is 0 Å². The van der Waals surface area contributed by atoms with Crippen LogP contribution in [0.5, 0.6) is 0 Å². The molecule has 1 heterocycles. The number of rotatable bonds is 2. The van der Waals surface area contributed by atoms with Crippen LogP contribution in [0, 0.1) is 17.3 Å². The molecule has 118 valence electrons. The molecule has 1 amide bonds. The maximum Gasteiger partial charge on any atom is 0.236 e. The first-order valence-corrected chi connectivity index (χ1v) is 8.45. The third kappa shape index (κ3) is 2.51. The second-order valence-corrected chi connectivity index (χ2v) is 7.14. The van der Waals surface area contributed by atoms with Crippen LogP contribution < -0.4 is 5.73 Å². The standard InChI is InChI=1S/C16H27N3O2/c17-14(18-21)16(8-3-1-2-4-9-16)15(20)19-10-12-6-5-7-13(12)11-19/h12-13,21H,1-11H2,(H2,17,18). The highest BCUT2D eigenvalue weighted by atomic mass is 16.4. The normalized spacial score (nSPS) is 32.8. The molecule has 0 aromatic heterocycles. The van der Waals surface area contributed by atoms with E-state index in [9.17, 15) is 10.0 Å². The predicted molar refractivity (Wildman–Crippen MR) is 81.0 cm³/mol. The molecule has 3 N–H and O–H groups in total. The maximum absolute atomic E-state index is 13.2. The molecule has 0 aromatic rings. The number of likely N-dealkylation sites (tertiary alicyclic amines) is 1. The summed E-state index contributed by atoms with van der Waals surface area (Å²) in [4.78, 5) is 15.2. The van der Waals surface area contributed by atoms with Gasteiger partial charge in [-0.3, -0.25) is 4.79 Å². The van der Waals surface area contributed by atoms with Gasteiger partial charge in [0.15, 0.2) is 5.84 Å². The molecular formula is C16H27N3O2. The lowest BCUT2D eigenvalue weighted by Crippen LogP contribution is -2.51. The minimum Gasteiger partial charge on any atom is -0.409 e. The number of oxime groups is 1. The summed E-state index contributed by atoms with van der Waals surface area (Å²) in [6, 6.07) is 0. The van der Waals surface area contributed by atoms with E-state index < -0.39 is 5.41 Å². The first-order valence-electron chi connectivity index (χ1n) is 8.45. The summed E-state index contributed by atoms with van der Waals surface area (Å²) in [5.74, 6) is 1.62. The Kier molecular flexibility index (Phi) is 4.09. The number of hydrogen-bond donors (Lipinski definition) is 2. The highest BCUT2D eigenvalue weighted by Gasteiger charge is 2.48. The molecule has 1 aliphatic heterocycles. The van der Waals surface area contributed by atoms with E-state index in [1.54, 1.807) is 0 Å². The van der Waals surface area contributed by atoms with E-state index in [2.05, 4.69) is 5.16 Å². The Morgan fingerprint density at radius 1 is 1.05 bits per heavy atom. The minimum atomic E-state index is -0.746. The monoisotopic (exact) mass is 293 g/mol. The second-order valence-electron chi connectivity index (χ2n) is 7.14. The number of fused-ring (bicyclic) bond motifs is 1. The van der Waals surface area contributed by atoms with Gasteiger partial charge in [-0.1, -0.05) is 37.3 Å². The fraction of sp³-hybridized carbons (Fsp3) is 0.875. The van der Waals surface area contributed by atoms with E-state index in [0.29, 0.717) is 11.8 Å². The molecule has 2 saturated carbocycles. The van der Waals surface area contributed by atoms with E-state index in [1.807, 2.05) is 4.90 Å². The molecule has 0 radical (unpaired) electrons. The van der Waals surface area contributed by atoms with Crippen molar-refractivity contribution in [3.63, 3.8) is 0 Å². The van der Waals surface area contributed by atoms with Crippen molar-refractivity contribution in [1.29, 1.82) is 0 Å². The molecule has 1 saturated heterocycles. The Hall–Kier alpha value is -1.26. The molecule has 0 aromatic carbocycles. The molecule has 0 spiro atoms. The van der Waals surface area contributed by atoms with Crippen LogP contribution in [-0.4, -0.2) is 34.9 Å². The fourth-order valence-electron chi connectivity index (χ4n) is 4.71. The fourth-order valence-corrected chi connectivity index (χ4v) is 4.71. The Labute approximate surface area is 126 Å². The Bertz CT molecular complexity index is 415. The van der Waals surface area contributed by atoms with Crippen LogP contribution >= 0.6 is 0 Å². The average Bonchev–Trinajstić information content (AvgIpc) is 2.99. The smallest absolute Gasteiger partial charge is 0.236 e. The first kappa shape index (κ1) is 14.7. The van der Waals surface area contributed by atoms with Crippen LogP contribution in [0.1, 0.15) is 57.8 Å². The number of carbonyl (C=O) groups excluding carboxylic acids is 1. The van der Waals surface area contributed by atoms with E-state index in [1.165, 1.54) is 19.3 Å². The quantitative estimate of drug-likeness (QED) is 0.270. The first-order chi connectivity index (χ1) is 10.2. The summed E-state index contributed by atoms with van der Waals surface area (Å²) in [5, 5.41) is 12.4. The van der Waals surface area contributed by atoms with Gasteiger partial charge in [0.2, 0.25) is 5.91 Å². The van der Waals surface area contributed by atoms with Crippen molar-refractivity contribution in [2.24, 2.45) is 28.1 Å². The van der Waals surface area contributed by atoms with Gasteiger partial charge in [-0.05, 0) is 37.5 Å². The van der Waals surface area contributed by atoms with Gasteiger partial charge in [0.05, 0.1) is 0 Å². The molecule has 2 aliphatic carbocycles. The number of nitrogens with two attached hydrogens (primary N) is 1. The molecule has 5 heteroatoms. The van der Waals surface area contributed by atoms with E-state index in [4.69, 9.17) is 5.73 Å². The van der Waals surface area contributed by atoms with Gasteiger partial charge in [-0.15, -0.1) is 0 Å². The largest absolute Gasteiger partial charge is 0.409 e. The van der Waals surface area contributed by atoms with Crippen molar-refractivity contribution >= 4 is 11.7 Å². The summed E-state index contributed by atoms with van der Waals surface area (Å²) in [5.41, 5.74) is 5.24. The molecule has 5 nitrogen and oxygen atoms in total. The molecule has 3 rings (SSSR count). The zero-order chi connectivity index (χ0) is 14.9. The SMILES string of the molecule is NC(=NO)C1(C(=O)N2CC3CCCC3C2)CCCCCC1. The number of amides is 1. The molecule has 2 atom stereocenters. The highest BCUT2D eigenvalue weighted by Crippen LogP contribution is 2.42. The van der Waals surface area contributed by atoms with Crippen LogP contribution in [0.25, 0.3) is 0 Å². The molecule has 3 fully saturated rings. The lowest BCUT2D eigenvalue weighted by atomic mass is 9.77. The molecule has 3 aliphatic rings.